The SMILES string of the molecule is COc1ccc(N2CC2CO)cc1. The van der Waals surface area contributed by atoms with Gasteiger partial charge in [0.1, 0.15) is 5.75 Å². The van der Waals surface area contributed by atoms with E-state index in [0.29, 0.717) is 6.04 Å². The number of ether oxygens (including phenoxy) is 1. The summed E-state index contributed by atoms with van der Waals surface area (Å²) < 4.78 is 5.05. The number of hydrogen-bond donors (Lipinski definition) is 1. The maximum absolute atomic E-state index is 8.87. The molecule has 1 N–H and O–H groups in total. The molecule has 1 aromatic rings. The largest absolute Gasteiger partial charge is 0.497 e. The average molecular weight is 179 g/mol. The lowest BCUT2D eigenvalue weighted by Crippen LogP contribution is -2.02. The lowest BCUT2D eigenvalue weighted by Gasteiger charge is -2.05. The summed E-state index contributed by atoms with van der Waals surface area (Å²) in [5.74, 6) is 0.867. The molecule has 1 fully saturated rings. The molecule has 0 aromatic heterocycles. The molecule has 1 unspecified atom stereocenters. The number of methoxy groups -OCH3 is 1. The summed E-state index contributed by atoms with van der Waals surface area (Å²) >= 11 is 0. The van der Waals surface area contributed by atoms with Gasteiger partial charge in [-0.15, -0.1) is 0 Å². The molecular formula is C10H13NO2. The monoisotopic (exact) mass is 179 g/mol. The van der Waals surface area contributed by atoms with Gasteiger partial charge in [-0.3, -0.25) is 0 Å². The van der Waals surface area contributed by atoms with Gasteiger partial charge in [0.2, 0.25) is 0 Å². The van der Waals surface area contributed by atoms with Crippen molar-refractivity contribution < 1.29 is 9.84 Å². The van der Waals surface area contributed by atoms with E-state index in [9.17, 15) is 0 Å². The molecule has 0 amide bonds. The highest BCUT2D eigenvalue weighted by molar-refractivity contribution is 5.55. The van der Waals surface area contributed by atoms with Crippen LogP contribution < -0.4 is 9.64 Å². The van der Waals surface area contributed by atoms with Gasteiger partial charge in [-0.25, -0.2) is 0 Å². The topological polar surface area (TPSA) is 32.5 Å². The lowest BCUT2D eigenvalue weighted by molar-refractivity contribution is 0.300. The Kier molecular flexibility index (Phi) is 2.10. The Morgan fingerprint density at radius 2 is 2.15 bits per heavy atom. The number of aliphatic hydroxyl groups excluding tert-OH is 1. The third-order valence-electron chi connectivity index (χ3n) is 2.33. The van der Waals surface area contributed by atoms with Crippen LogP contribution in [-0.2, 0) is 0 Å². The Hall–Kier alpha value is -1.22. The van der Waals surface area contributed by atoms with E-state index in [1.54, 1.807) is 7.11 Å². The highest BCUT2D eigenvalue weighted by Gasteiger charge is 2.32. The van der Waals surface area contributed by atoms with Crippen LogP contribution in [0.5, 0.6) is 5.75 Å². The van der Waals surface area contributed by atoms with Crippen LogP contribution in [0.2, 0.25) is 0 Å². The summed E-state index contributed by atoms with van der Waals surface area (Å²) in [6.07, 6.45) is 0. The summed E-state index contributed by atoms with van der Waals surface area (Å²) in [5.41, 5.74) is 1.15. The second-order valence-electron chi connectivity index (χ2n) is 3.19. The molecule has 0 spiro atoms. The van der Waals surface area contributed by atoms with Gasteiger partial charge in [-0.1, -0.05) is 0 Å². The van der Waals surface area contributed by atoms with Crippen molar-refractivity contribution in [3.8, 4) is 5.75 Å². The lowest BCUT2D eigenvalue weighted by atomic mass is 10.3. The maximum atomic E-state index is 8.87. The van der Waals surface area contributed by atoms with Crippen molar-refractivity contribution >= 4 is 5.69 Å². The van der Waals surface area contributed by atoms with Gasteiger partial charge in [0.05, 0.1) is 19.8 Å². The smallest absolute Gasteiger partial charge is 0.119 e. The molecule has 1 saturated heterocycles. The fraction of sp³-hybridized carbons (Fsp3) is 0.400. The fourth-order valence-corrected chi connectivity index (χ4v) is 1.43. The van der Waals surface area contributed by atoms with Crippen LogP contribution in [0, 0.1) is 0 Å². The molecule has 0 aliphatic carbocycles. The number of hydrogen-bond acceptors (Lipinski definition) is 3. The van der Waals surface area contributed by atoms with Gasteiger partial charge in [0, 0.05) is 12.2 Å². The van der Waals surface area contributed by atoms with Crippen LogP contribution in [-0.4, -0.2) is 31.4 Å². The van der Waals surface area contributed by atoms with E-state index < -0.39 is 0 Å². The predicted octanol–water partition coefficient (Wildman–Crippen LogP) is 0.876. The Morgan fingerprint density at radius 3 is 2.62 bits per heavy atom. The first-order chi connectivity index (χ1) is 6.35. The number of anilines is 1. The van der Waals surface area contributed by atoms with Crippen LogP contribution in [0.3, 0.4) is 0 Å². The van der Waals surface area contributed by atoms with Crippen molar-refractivity contribution in [1.29, 1.82) is 0 Å². The molecule has 3 heteroatoms. The van der Waals surface area contributed by atoms with E-state index in [0.717, 1.165) is 18.0 Å². The standard InChI is InChI=1S/C10H13NO2/c1-13-10-4-2-8(3-5-10)11-6-9(11)7-12/h2-5,9,12H,6-7H2,1H3. The normalized spacial score (nSPS) is 20.2. The Balaban J connectivity index is 2.07. The highest BCUT2D eigenvalue weighted by Crippen LogP contribution is 2.28. The van der Waals surface area contributed by atoms with Crippen molar-refractivity contribution in [3.05, 3.63) is 24.3 Å². The van der Waals surface area contributed by atoms with Crippen LogP contribution in [0.15, 0.2) is 24.3 Å². The van der Waals surface area contributed by atoms with Gasteiger partial charge in [0.25, 0.3) is 0 Å². The van der Waals surface area contributed by atoms with E-state index in [4.69, 9.17) is 9.84 Å². The van der Waals surface area contributed by atoms with Crippen molar-refractivity contribution in [1.82, 2.24) is 0 Å². The van der Waals surface area contributed by atoms with Gasteiger partial charge >= 0.3 is 0 Å². The molecule has 1 aliphatic heterocycles. The summed E-state index contributed by atoms with van der Waals surface area (Å²) in [6.45, 7) is 1.20. The van der Waals surface area contributed by atoms with E-state index in [2.05, 4.69) is 4.90 Å². The van der Waals surface area contributed by atoms with Crippen molar-refractivity contribution in [2.45, 2.75) is 6.04 Å². The zero-order valence-corrected chi connectivity index (χ0v) is 7.60. The second kappa shape index (κ2) is 3.26. The molecule has 1 aliphatic rings. The van der Waals surface area contributed by atoms with Gasteiger partial charge < -0.3 is 14.7 Å². The van der Waals surface area contributed by atoms with Gasteiger partial charge in [0.15, 0.2) is 0 Å². The molecule has 0 saturated carbocycles. The molecule has 1 heterocycles. The fourth-order valence-electron chi connectivity index (χ4n) is 1.43. The van der Waals surface area contributed by atoms with E-state index >= 15 is 0 Å². The third kappa shape index (κ3) is 1.60. The maximum Gasteiger partial charge on any atom is 0.119 e. The second-order valence-corrected chi connectivity index (χ2v) is 3.19. The van der Waals surface area contributed by atoms with Gasteiger partial charge in [-0.05, 0) is 24.3 Å². The molecule has 13 heavy (non-hydrogen) atoms. The zero-order chi connectivity index (χ0) is 9.26. The molecule has 0 bridgehead atoms. The Bertz CT molecular complexity index is 283. The minimum atomic E-state index is 0.242. The van der Waals surface area contributed by atoms with Crippen LogP contribution in [0.25, 0.3) is 0 Å². The van der Waals surface area contributed by atoms with Crippen LogP contribution in [0.4, 0.5) is 5.69 Å². The summed E-state index contributed by atoms with van der Waals surface area (Å²) in [6, 6.07) is 8.21. The number of aliphatic hydroxyl groups is 1. The van der Waals surface area contributed by atoms with E-state index in [1.165, 1.54) is 0 Å². The molecule has 2 rings (SSSR count). The van der Waals surface area contributed by atoms with Crippen molar-refractivity contribution in [2.75, 3.05) is 25.2 Å². The molecular weight excluding hydrogens is 166 g/mol. The zero-order valence-electron chi connectivity index (χ0n) is 7.60. The van der Waals surface area contributed by atoms with Crippen LogP contribution >= 0.6 is 0 Å². The minimum absolute atomic E-state index is 0.242. The molecule has 70 valence electrons. The van der Waals surface area contributed by atoms with Crippen molar-refractivity contribution in [2.24, 2.45) is 0 Å². The third-order valence-corrected chi connectivity index (χ3v) is 2.33. The van der Waals surface area contributed by atoms with E-state index in [-0.39, 0.29) is 6.61 Å². The highest BCUT2D eigenvalue weighted by atomic mass is 16.5. The Morgan fingerprint density at radius 1 is 1.46 bits per heavy atom. The average Bonchev–Trinajstić information content (AvgIpc) is 2.97. The molecule has 3 nitrogen and oxygen atoms in total. The number of rotatable bonds is 3. The van der Waals surface area contributed by atoms with Crippen molar-refractivity contribution in [3.63, 3.8) is 0 Å². The predicted molar refractivity (Wildman–Crippen MR) is 51.2 cm³/mol. The first kappa shape index (κ1) is 8.38. The first-order valence-corrected chi connectivity index (χ1v) is 4.36. The summed E-state index contributed by atoms with van der Waals surface area (Å²) in [4.78, 5) is 2.15. The quantitative estimate of drug-likeness (QED) is 0.699. The summed E-state index contributed by atoms with van der Waals surface area (Å²) in [5, 5.41) is 8.87. The Labute approximate surface area is 77.6 Å². The first-order valence-electron chi connectivity index (χ1n) is 4.36. The van der Waals surface area contributed by atoms with Gasteiger partial charge in [-0.2, -0.15) is 0 Å². The molecule has 1 aromatic carbocycles. The number of nitrogens with zero attached hydrogens (tertiary/aromatic N) is 1. The minimum Gasteiger partial charge on any atom is -0.497 e. The summed E-state index contributed by atoms with van der Waals surface area (Å²) in [7, 11) is 1.66. The van der Waals surface area contributed by atoms with E-state index in [1.807, 2.05) is 24.3 Å². The van der Waals surface area contributed by atoms with Crippen LogP contribution in [0.1, 0.15) is 0 Å². The number of benzene rings is 1. The molecule has 0 radical (unpaired) electrons. The molecule has 1 atom stereocenters.